The van der Waals surface area contributed by atoms with Crippen molar-refractivity contribution in [3.05, 3.63) is 35.4 Å². The minimum absolute atomic E-state index is 0.0158. The van der Waals surface area contributed by atoms with E-state index in [0.717, 1.165) is 6.54 Å². The minimum atomic E-state index is -0.0158. The Bertz CT molecular complexity index is 688. The van der Waals surface area contributed by atoms with Crippen LogP contribution in [0.3, 0.4) is 0 Å². The monoisotopic (exact) mass is 460 g/mol. The van der Waals surface area contributed by atoms with Crippen LogP contribution >= 0.6 is 12.6 Å². The van der Waals surface area contributed by atoms with Crippen molar-refractivity contribution in [3.63, 3.8) is 0 Å². The predicted octanol–water partition coefficient (Wildman–Crippen LogP) is 5.94. The molecule has 0 bridgehead atoms. The van der Waals surface area contributed by atoms with Crippen molar-refractivity contribution in [2.75, 3.05) is 13.7 Å². The molecular weight excluding hydrogens is 416 g/mol. The van der Waals surface area contributed by atoms with Crippen LogP contribution in [0.2, 0.25) is 0 Å². The van der Waals surface area contributed by atoms with E-state index >= 15 is 0 Å². The maximum atomic E-state index is 6.45. The van der Waals surface area contributed by atoms with Gasteiger partial charge in [-0.1, -0.05) is 49.9 Å². The van der Waals surface area contributed by atoms with Crippen molar-refractivity contribution in [1.82, 2.24) is 10.6 Å². The van der Waals surface area contributed by atoms with Gasteiger partial charge in [0, 0.05) is 25.2 Å². The van der Waals surface area contributed by atoms with E-state index in [9.17, 15) is 0 Å². The lowest BCUT2D eigenvalue weighted by Crippen LogP contribution is -2.50. The Morgan fingerprint density at radius 1 is 0.938 bits per heavy atom. The van der Waals surface area contributed by atoms with Crippen molar-refractivity contribution in [1.29, 1.82) is 0 Å². The Kier molecular flexibility index (Phi) is 9.36. The Morgan fingerprint density at radius 3 is 2.44 bits per heavy atom. The molecule has 0 amide bonds. The van der Waals surface area contributed by atoms with Crippen LogP contribution in [-0.4, -0.2) is 37.3 Å². The predicted molar refractivity (Wildman–Crippen MR) is 135 cm³/mol. The maximum Gasteiger partial charge on any atom is 0.0976 e. The van der Waals surface area contributed by atoms with Gasteiger partial charge in [-0.2, -0.15) is 0 Å². The van der Waals surface area contributed by atoms with Crippen LogP contribution in [0.1, 0.15) is 101 Å². The second kappa shape index (κ2) is 12.2. The number of hydrogen-bond donors (Lipinski definition) is 3. The molecule has 6 atom stereocenters. The first kappa shape index (κ1) is 24.5. The number of benzene rings is 1. The lowest BCUT2D eigenvalue weighted by molar-refractivity contribution is -0.0390. The third-order valence-electron chi connectivity index (χ3n) is 7.90. The highest BCUT2D eigenvalue weighted by atomic mass is 32.1. The molecule has 5 heteroatoms. The van der Waals surface area contributed by atoms with E-state index < -0.39 is 0 Å². The van der Waals surface area contributed by atoms with Crippen LogP contribution in [0, 0.1) is 5.92 Å². The standard InChI is InChI=1S/C27H44N2O2S/c1-19(32)31-27(20-10-4-3-5-11-20)25-16-9-15-23(29-25)21-12-8-13-22(18-21)26(30-2)24-14-6-7-17-28-24/h8,12-13,18-20,23-29,32H,3-7,9-11,14-17H2,1-2H3. The summed E-state index contributed by atoms with van der Waals surface area (Å²) in [4.78, 5) is 0. The molecule has 180 valence electrons. The van der Waals surface area contributed by atoms with Gasteiger partial charge in [-0.15, -0.1) is 12.6 Å². The fourth-order valence-electron chi connectivity index (χ4n) is 6.34. The van der Waals surface area contributed by atoms with Gasteiger partial charge in [0.15, 0.2) is 0 Å². The molecule has 1 aliphatic carbocycles. The quantitative estimate of drug-likeness (QED) is 0.332. The van der Waals surface area contributed by atoms with E-state index in [1.54, 1.807) is 0 Å². The van der Waals surface area contributed by atoms with Crippen molar-refractivity contribution in [2.45, 2.75) is 113 Å². The van der Waals surface area contributed by atoms with Crippen LogP contribution in [0.15, 0.2) is 24.3 Å². The summed E-state index contributed by atoms with van der Waals surface area (Å²) in [5.41, 5.74) is 2.68. The Balaban J connectivity index is 1.47. The topological polar surface area (TPSA) is 42.5 Å². The van der Waals surface area contributed by atoms with Crippen LogP contribution < -0.4 is 10.6 Å². The van der Waals surface area contributed by atoms with Gasteiger partial charge < -0.3 is 20.1 Å². The molecule has 0 radical (unpaired) electrons. The normalized spacial score (nSPS) is 30.5. The smallest absolute Gasteiger partial charge is 0.0976 e. The van der Waals surface area contributed by atoms with Crippen molar-refractivity contribution in [3.8, 4) is 0 Å². The van der Waals surface area contributed by atoms with E-state index in [1.807, 2.05) is 7.11 Å². The van der Waals surface area contributed by atoms with E-state index in [1.165, 1.54) is 81.8 Å². The summed E-state index contributed by atoms with van der Waals surface area (Å²) in [6.45, 7) is 3.16. The summed E-state index contributed by atoms with van der Waals surface area (Å²) in [5, 5.41) is 7.70. The van der Waals surface area contributed by atoms with Crippen molar-refractivity contribution >= 4 is 12.6 Å². The molecule has 1 saturated carbocycles. The number of ether oxygens (including phenoxy) is 2. The first-order valence-corrected chi connectivity index (χ1v) is 13.6. The molecule has 2 saturated heterocycles. The zero-order valence-corrected chi connectivity index (χ0v) is 21.0. The number of nitrogens with one attached hydrogen (secondary N) is 2. The summed E-state index contributed by atoms with van der Waals surface area (Å²) in [6.07, 6.45) is 14.4. The number of hydrogen-bond acceptors (Lipinski definition) is 5. The van der Waals surface area contributed by atoms with Crippen LogP contribution in [0.25, 0.3) is 0 Å². The molecule has 0 aromatic heterocycles. The molecule has 0 spiro atoms. The van der Waals surface area contributed by atoms with Gasteiger partial charge in [0.05, 0.1) is 17.6 Å². The number of piperidine rings is 2. The van der Waals surface area contributed by atoms with Gasteiger partial charge in [0.1, 0.15) is 0 Å². The van der Waals surface area contributed by atoms with Gasteiger partial charge in [-0.3, -0.25) is 0 Å². The maximum absolute atomic E-state index is 6.45. The third-order valence-corrected chi connectivity index (χ3v) is 8.02. The van der Waals surface area contributed by atoms with Crippen LogP contribution in [0.5, 0.6) is 0 Å². The van der Waals surface area contributed by atoms with Gasteiger partial charge in [-0.25, -0.2) is 0 Å². The zero-order chi connectivity index (χ0) is 22.3. The van der Waals surface area contributed by atoms with E-state index in [-0.39, 0.29) is 17.6 Å². The summed E-state index contributed by atoms with van der Waals surface area (Å²) in [5.74, 6) is 0.663. The highest BCUT2D eigenvalue weighted by Crippen LogP contribution is 2.36. The molecule has 4 rings (SSSR count). The summed E-state index contributed by atoms with van der Waals surface area (Å²) in [6, 6.07) is 10.4. The van der Waals surface area contributed by atoms with E-state index in [0.29, 0.717) is 24.0 Å². The lowest BCUT2D eigenvalue weighted by atomic mass is 9.79. The van der Waals surface area contributed by atoms with Gasteiger partial charge in [0.2, 0.25) is 0 Å². The largest absolute Gasteiger partial charge is 0.375 e. The van der Waals surface area contributed by atoms with Crippen molar-refractivity contribution in [2.24, 2.45) is 5.92 Å². The van der Waals surface area contributed by atoms with Gasteiger partial charge in [-0.05, 0) is 75.5 Å². The minimum Gasteiger partial charge on any atom is -0.375 e. The van der Waals surface area contributed by atoms with E-state index in [4.69, 9.17) is 9.47 Å². The summed E-state index contributed by atoms with van der Waals surface area (Å²) in [7, 11) is 1.85. The molecule has 2 N–H and O–H groups in total. The molecule has 3 fully saturated rings. The van der Waals surface area contributed by atoms with E-state index in [2.05, 4.69) is 54.5 Å². The highest BCUT2D eigenvalue weighted by Gasteiger charge is 2.35. The number of rotatable bonds is 8. The second-order valence-corrected chi connectivity index (χ2v) is 11.0. The molecule has 32 heavy (non-hydrogen) atoms. The second-order valence-electron chi connectivity index (χ2n) is 10.2. The summed E-state index contributed by atoms with van der Waals surface area (Å²) >= 11 is 4.60. The molecule has 4 nitrogen and oxygen atoms in total. The molecule has 2 aliphatic heterocycles. The van der Waals surface area contributed by atoms with Gasteiger partial charge in [0.25, 0.3) is 0 Å². The Morgan fingerprint density at radius 2 is 1.72 bits per heavy atom. The van der Waals surface area contributed by atoms with Crippen LogP contribution in [0.4, 0.5) is 0 Å². The SMILES string of the molecule is COC(c1cccc(C2CCCC(C(OC(C)S)C3CCCCC3)N2)c1)C1CCCCN1. The first-order chi connectivity index (χ1) is 15.7. The third kappa shape index (κ3) is 6.29. The number of thiol groups is 1. The fourth-order valence-corrected chi connectivity index (χ4v) is 6.48. The molecule has 6 unspecified atom stereocenters. The lowest BCUT2D eigenvalue weighted by Gasteiger charge is -2.41. The highest BCUT2D eigenvalue weighted by molar-refractivity contribution is 7.80. The average molecular weight is 461 g/mol. The van der Waals surface area contributed by atoms with Crippen molar-refractivity contribution < 1.29 is 9.47 Å². The zero-order valence-electron chi connectivity index (χ0n) is 20.1. The Labute approximate surface area is 201 Å². The molecule has 1 aromatic carbocycles. The number of methoxy groups -OCH3 is 1. The van der Waals surface area contributed by atoms with Crippen LogP contribution in [-0.2, 0) is 9.47 Å². The molecule has 2 heterocycles. The fraction of sp³-hybridized carbons (Fsp3) is 0.778. The Hall–Kier alpha value is -0.590. The average Bonchev–Trinajstić information content (AvgIpc) is 2.84. The van der Waals surface area contributed by atoms with Gasteiger partial charge >= 0.3 is 0 Å². The molecule has 1 aromatic rings. The molecule has 3 aliphatic rings. The first-order valence-electron chi connectivity index (χ1n) is 13.1. The summed E-state index contributed by atoms with van der Waals surface area (Å²) < 4.78 is 12.4. The molecular formula is C27H44N2O2S.